The van der Waals surface area contributed by atoms with Gasteiger partial charge in [-0.25, -0.2) is 0 Å². The molecule has 2 aromatic rings. The normalized spacial score (nSPS) is 18.3. The van der Waals surface area contributed by atoms with E-state index >= 15 is 0 Å². The van der Waals surface area contributed by atoms with E-state index < -0.39 is 0 Å². The molecule has 1 amide bonds. The van der Waals surface area contributed by atoms with Crippen LogP contribution in [0.5, 0.6) is 5.88 Å². The standard InChI is InChI=1S/C17H19N3O3/c1-13-6-8-16(19-18-13)23-15-4-2-10-20(12-15)17(21)9-7-14-5-3-11-22-14/h3,5-9,11,15H,2,4,10,12H2,1H3/b9-7+/t15-/m0/s1. The molecule has 6 nitrogen and oxygen atoms in total. The predicted octanol–water partition coefficient (Wildman–Crippen LogP) is 2.46. The number of hydrogen-bond acceptors (Lipinski definition) is 5. The fourth-order valence-corrected chi connectivity index (χ4v) is 2.50. The van der Waals surface area contributed by atoms with Gasteiger partial charge in [-0.3, -0.25) is 4.79 Å². The van der Waals surface area contributed by atoms with Gasteiger partial charge in [0.05, 0.1) is 18.5 Å². The highest BCUT2D eigenvalue weighted by Gasteiger charge is 2.24. The summed E-state index contributed by atoms with van der Waals surface area (Å²) in [6, 6.07) is 7.26. The average Bonchev–Trinajstić information content (AvgIpc) is 3.08. The Bertz CT molecular complexity index is 665. The lowest BCUT2D eigenvalue weighted by Crippen LogP contribution is -2.43. The van der Waals surface area contributed by atoms with Crippen LogP contribution in [0.2, 0.25) is 0 Å². The molecular formula is C17H19N3O3. The van der Waals surface area contributed by atoms with Gasteiger partial charge in [0.25, 0.3) is 0 Å². The molecule has 1 aliphatic rings. The lowest BCUT2D eigenvalue weighted by molar-refractivity contribution is -0.128. The number of hydrogen-bond donors (Lipinski definition) is 0. The van der Waals surface area contributed by atoms with Crippen molar-refractivity contribution in [1.82, 2.24) is 15.1 Å². The third-order valence-electron chi connectivity index (χ3n) is 3.68. The minimum Gasteiger partial charge on any atom is -0.471 e. The van der Waals surface area contributed by atoms with E-state index in [2.05, 4.69) is 10.2 Å². The molecule has 0 spiro atoms. The van der Waals surface area contributed by atoms with Crippen LogP contribution >= 0.6 is 0 Å². The topological polar surface area (TPSA) is 68.5 Å². The van der Waals surface area contributed by atoms with Crippen molar-refractivity contribution in [3.63, 3.8) is 0 Å². The molecule has 120 valence electrons. The first-order valence-electron chi connectivity index (χ1n) is 7.68. The smallest absolute Gasteiger partial charge is 0.246 e. The van der Waals surface area contributed by atoms with Crippen molar-refractivity contribution >= 4 is 12.0 Å². The Balaban J connectivity index is 1.57. The average molecular weight is 313 g/mol. The number of aryl methyl sites for hydroxylation is 1. The van der Waals surface area contributed by atoms with Crippen LogP contribution < -0.4 is 4.74 Å². The second kappa shape index (κ2) is 7.09. The first-order valence-corrected chi connectivity index (χ1v) is 7.68. The first kappa shape index (κ1) is 15.3. The molecule has 1 atom stereocenters. The van der Waals surface area contributed by atoms with Crippen LogP contribution in [0.4, 0.5) is 0 Å². The van der Waals surface area contributed by atoms with Gasteiger partial charge < -0.3 is 14.1 Å². The van der Waals surface area contributed by atoms with Crippen molar-refractivity contribution in [1.29, 1.82) is 0 Å². The second-order valence-electron chi connectivity index (χ2n) is 5.53. The summed E-state index contributed by atoms with van der Waals surface area (Å²) in [4.78, 5) is 14.0. The van der Waals surface area contributed by atoms with Gasteiger partial charge in [0, 0.05) is 18.7 Å². The second-order valence-corrected chi connectivity index (χ2v) is 5.53. The molecule has 1 fully saturated rings. The number of ether oxygens (including phenoxy) is 1. The molecule has 1 saturated heterocycles. The van der Waals surface area contributed by atoms with Gasteiger partial charge in [0.15, 0.2) is 0 Å². The molecule has 0 aliphatic carbocycles. The lowest BCUT2D eigenvalue weighted by Gasteiger charge is -2.31. The molecule has 0 aromatic carbocycles. The predicted molar refractivity (Wildman–Crippen MR) is 84.7 cm³/mol. The molecule has 23 heavy (non-hydrogen) atoms. The number of furan rings is 1. The zero-order chi connectivity index (χ0) is 16.1. The third kappa shape index (κ3) is 4.18. The van der Waals surface area contributed by atoms with Crippen molar-refractivity contribution < 1.29 is 13.9 Å². The molecule has 1 aliphatic heterocycles. The Hall–Kier alpha value is -2.63. The van der Waals surface area contributed by atoms with Gasteiger partial charge in [0.2, 0.25) is 11.8 Å². The molecule has 0 bridgehead atoms. The molecule has 0 N–H and O–H groups in total. The number of carbonyl (C=O) groups is 1. The number of amides is 1. The first-order chi connectivity index (χ1) is 11.2. The van der Waals surface area contributed by atoms with Gasteiger partial charge in [-0.2, -0.15) is 5.10 Å². The maximum absolute atomic E-state index is 12.2. The number of nitrogens with zero attached hydrogens (tertiary/aromatic N) is 3. The van der Waals surface area contributed by atoms with Crippen molar-refractivity contribution in [2.24, 2.45) is 0 Å². The maximum atomic E-state index is 12.2. The van der Waals surface area contributed by atoms with Crippen LogP contribution in [-0.4, -0.2) is 40.2 Å². The van der Waals surface area contributed by atoms with Crippen LogP contribution in [-0.2, 0) is 4.79 Å². The lowest BCUT2D eigenvalue weighted by atomic mass is 10.1. The van der Waals surface area contributed by atoms with E-state index in [0.29, 0.717) is 18.2 Å². The van der Waals surface area contributed by atoms with Crippen molar-refractivity contribution in [2.45, 2.75) is 25.9 Å². The van der Waals surface area contributed by atoms with Crippen LogP contribution in [0.15, 0.2) is 41.0 Å². The summed E-state index contributed by atoms with van der Waals surface area (Å²) in [6.07, 6.45) is 6.55. The minimum absolute atomic E-state index is 0.0373. The van der Waals surface area contributed by atoms with Crippen molar-refractivity contribution in [2.75, 3.05) is 13.1 Å². The zero-order valence-corrected chi connectivity index (χ0v) is 13.0. The molecule has 0 unspecified atom stereocenters. The van der Waals surface area contributed by atoms with Crippen LogP contribution in [0.25, 0.3) is 6.08 Å². The number of aromatic nitrogens is 2. The van der Waals surface area contributed by atoms with Gasteiger partial charge in [-0.05, 0) is 44.0 Å². The Morgan fingerprint density at radius 3 is 3.04 bits per heavy atom. The molecule has 0 saturated carbocycles. The number of piperidine rings is 1. The van der Waals surface area contributed by atoms with E-state index in [-0.39, 0.29) is 12.0 Å². The van der Waals surface area contributed by atoms with Gasteiger partial charge in [-0.15, -0.1) is 5.10 Å². The summed E-state index contributed by atoms with van der Waals surface area (Å²) < 4.78 is 11.0. The largest absolute Gasteiger partial charge is 0.471 e. The Labute approximate surface area is 134 Å². The van der Waals surface area contributed by atoms with E-state index in [0.717, 1.165) is 25.1 Å². The number of rotatable bonds is 4. The summed E-state index contributed by atoms with van der Waals surface area (Å²) in [6.45, 7) is 3.17. The molecular weight excluding hydrogens is 294 g/mol. The highest BCUT2D eigenvalue weighted by molar-refractivity contribution is 5.91. The van der Waals surface area contributed by atoms with E-state index in [4.69, 9.17) is 9.15 Å². The quantitative estimate of drug-likeness (QED) is 0.811. The highest BCUT2D eigenvalue weighted by Crippen LogP contribution is 2.17. The fourth-order valence-electron chi connectivity index (χ4n) is 2.50. The van der Waals surface area contributed by atoms with Gasteiger partial charge >= 0.3 is 0 Å². The van der Waals surface area contributed by atoms with Crippen molar-refractivity contribution in [3.05, 3.63) is 48.1 Å². The maximum Gasteiger partial charge on any atom is 0.246 e. The van der Waals surface area contributed by atoms with Gasteiger partial charge in [0.1, 0.15) is 11.9 Å². The van der Waals surface area contributed by atoms with E-state index in [9.17, 15) is 4.79 Å². The molecule has 3 heterocycles. The van der Waals surface area contributed by atoms with Crippen molar-refractivity contribution in [3.8, 4) is 5.88 Å². The number of carbonyl (C=O) groups excluding carboxylic acids is 1. The molecule has 2 aromatic heterocycles. The summed E-state index contributed by atoms with van der Waals surface area (Å²) in [5.74, 6) is 1.13. The van der Waals surface area contributed by atoms with E-state index in [1.54, 1.807) is 29.4 Å². The Kier molecular flexibility index (Phi) is 4.71. The highest BCUT2D eigenvalue weighted by atomic mass is 16.5. The Morgan fingerprint density at radius 2 is 2.30 bits per heavy atom. The fraction of sp³-hybridized carbons (Fsp3) is 0.353. The minimum atomic E-state index is -0.0540. The monoisotopic (exact) mass is 313 g/mol. The van der Waals surface area contributed by atoms with E-state index in [1.807, 2.05) is 19.1 Å². The summed E-state index contributed by atoms with van der Waals surface area (Å²) in [5, 5.41) is 7.99. The number of likely N-dealkylation sites (tertiary alicyclic amines) is 1. The van der Waals surface area contributed by atoms with Crippen LogP contribution in [0.1, 0.15) is 24.3 Å². The molecule has 0 radical (unpaired) electrons. The van der Waals surface area contributed by atoms with Crippen LogP contribution in [0, 0.1) is 6.92 Å². The van der Waals surface area contributed by atoms with E-state index in [1.165, 1.54) is 6.08 Å². The summed E-state index contributed by atoms with van der Waals surface area (Å²) in [5.41, 5.74) is 0.848. The Morgan fingerprint density at radius 1 is 1.39 bits per heavy atom. The summed E-state index contributed by atoms with van der Waals surface area (Å²) in [7, 11) is 0. The third-order valence-corrected chi connectivity index (χ3v) is 3.68. The summed E-state index contributed by atoms with van der Waals surface area (Å²) >= 11 is 0. The van der Waals surface area contributed by atoms with Gasteiger partial charge in [-0.1, -0.05) is 0 Å². The molecule has 6 heteroatoms. The SMILES string of the molecule is Cc1ccc(O[C@H]2CCCN(C(=O)/C=C/c3ccco3)C2)nn1. The van der Waals surface area contributed by atoms with Crippen LogP contribution in [0.3, 0.4) is 0 Å². The zero-order valence-electron chi connectivity index (χ0n) is 13.0. The molecule has 3 rings (SSSR count).